The molecule has 25 heavy (non-hydrogen) atoms. The van der Waals surface area contributed by atoms with E-state index in [1.54, 1.807) is 0 Å². The smallest absolute Gasteiger partial charge is 0.464 e. The average Bonchev–Trinajstić information content (AvgIpc) is 3.02. The Morgan fingerprint density at radius 2 is 2.00 bits per heavy atom. The van der Waals surface area contributed by atoms with Crippen molar-refractivity contribution in [2.75, 3.05) is 7.11 Å². The molecular formula is C13H8F3N3O5S. The van der Waals surface area contributed by atoms with Gasteiger partial charge >= 0.3 is 21.6 Å². The Kier molecular flexibility index (Phi) is 3.78. The molecule has 0 N–H and O–H groups in total. The number of alkyl halides is 3. The molecule has 0 aliphatic carbocycles. The first-order valence-corrected chi connectivity index (χ1v) is 7.91. The van der Waals surface area contributed by atoms with Crippen molar-refractivity contribution in [2.45, 2.75) is 5.51 Å². The molecular weight excluding hydrogens is 367 g/mol. The number of nitrogens with zero attached hydrogens (tertiary/aromatic N) is 3. The van der Waals surface area contributed by atoms with Crippen LogP contribution in [0, 0.1) is 0 Å². The van der Waals surface area contributed by atoms with Crippen LogP contribution >= 0.6 is 0 Å². The number of hydrogen-bond donors (Lipinski definition) is 0. The second-order valence-corrected chi connectivity index (χ2v) is 6.25. The first-order chi connectivity index (χ1) is 11.6. The van der Waals surface area contributed by atoms with E-state index in [-0.39, 0.29) is 16.7 Å². The SMILES string of the molecule is COC(=O)c1cc2nc(OS(=O)(=O)C(F)(F)F)c3cccn3c2cn1. The van der Waals surface area contributed by atoms with Gasteiger partial charge in [0.1, 0.15) is 5.52 Å². The third kappa shape index (κ3) is 2.84. The molecule has 3 heterocycles. The van der Waals surface area contributed by atoms with Crippen LogP contribution in [0.5, 0.6) is 5.88 Å². The molecule has 0 spiro atoms. The standard InChI is InChI=1S/C13H8F3N3O5S/c1-23-12(20)8-5-7-10(6-17-8)19-4-2-3-9(19)11(18-7)24-25(21,22)13(14,15)16/h2-6H,1H3. The van der Waals surface area contributed by atoms with Crippen LogP contribution in [0.2, 0.25) is 0 Å². The number of esters is 1. The summed E-state index contributed by atoms with van der Waals surface area (Å²) in [6.07, 6.45) is 2.70. The summed E-state index contributed by atoms with van der Waals surface area (Å²) in [6.45, 7) is 0. The van der Waals surface area contributed by atoms with E-state index < -0.39 is 27.5 Å². The monoisotopic (exact) mass is 375 g/mol. The maximum atomic E-state index is 12.6. The fraction of sp³-hybridized carbons (Fsp3) is 0.154. The molecule has 0 aromatic carbocycles. The zero-order valence-electron chi connectivity index (χ0n) is 12.3. The summed E-state index contributed by atoms with van der Waals surface area (Å²) in [4.78, 5) is 19.2. The molecule has 0 amide bonds. The largest absolute Gasteiger partial charge is 0.534 e. The zero-order chi connectivity index (χ0) is 18.4. The quantitative estimate of drug-likeness (QED) is 0.392. The zero-order valence-corrected chi connectivity index (χ0v) is 13.1. The Hall–Kier alpha value is -2.89. The number of fused-ring (bicyclic) bond motifs is 3. The van der Waals surface area contributed by atoms with Gasteiger partial charge in [0.25, 0.3) is 5.88 Å². The summed E-state index contributed by atoms with van der Waals surface area (Å²) in [7, 11) is -4.78. The number of methoxy groups -OCH3 is 1. The Labute approximate surface area is 137 Å². The highest BCUT2D eigenvalue weighted by Gasteiger charge is 2.49. The van der Waals surface area contributed by atoms with Crippen molar-refractivity contribution in [3.8, 4) is 5.88 Å². The number of ether oxygens (including phenoxy) is 1. The predicted molar refractivity (Wildman–Crippen MR) is 77.4 cm³/mol. The van der Waals surface area contributed by atoms with Crippen molar-refractivity contribution in [3.63, 3.8) is 0 Å². The van der Waals surface area contributed by atoms with E-state index in [1.165, 1.54) is 28.9 Å². The van der Waals surface area contributed by atoms with Gasteiger partial charge in [0.15, 0.2) is 5.69 Å². The number of carbonyl (C=O) groups excluding carboxylic acids is 1. The van der Waals surface area contributed by atoms with Gasteiger partial charge in [0, 0.05) is 6.20 Å². The first kappa shape index (κ1) is 17.0. The summed E-state index contributed by atoms with van der Waals surface area (Å²) in [5.41, 5.74) is -5.47. The van der Waals surface area contributed by atoms with Gasteiger partial charge in [0.05, 0.1) is 24.3 Å². The third-order valence-electron chi connectivity index (χ3n) is 3.18. The van der Waals surface area contributed by atoms with Gasteiger partial charge in [-0.05, 0) is 18.2 Å². The molecule has 3 aromatic heterocycles. The van der Waals surface area contributed by atoms with Crippen LogP contribution in [0.1, 0.15) is 10.5 Å². The van der Waals surface area contributed by atoms with Crippen molar-refractivity contribution in [3.05, 3.63) is 36.3 Å². The predicted octanol–water partition coefficient (Wildman–Crippen LogP) is 1.90. The molecule has 0 aliphatic heterocycles. The van der Waals surface area contributed by atoms with Gasteiger partial charge in [-0.1, -0.05) is 0 Å². The van der Waals surface area contributed by atoms with Crippen molar-refractivity contribution < 1.29 is 35.3 Å². The number of aromatic nitrogens is 3. The number of hydrogen-bond acceptors (Lipinski definition) is 7. The first-order valence-electron chi connectivity index (χ1n) is 6.50. The lowest BCUT2D eigenvalue weighted by atomic mass is 10.3. The van der Waals surface area contributed by atoms with Crippen LogP contribution in [0.3, 0.4) is 0 Å². The minimum absolute atomic E-state index is 0.00789. The van der Waals surface area contributed by atoms with Crippen LogP contribution in [0.15, 0.2) is 30.6 Å². The minimum Gasteiger partial charge on any atom is -0.464 e. The van der Waals surface area contributed by atoms with Gasteiger partial charge in [-0.2, -0.15) is 21.6 Å². The minimum atomic E-state index is -5.90. The number of pyridine rings is 1. The lowest BCUT2D eigenvalue weighted by molar-refractivity contribution is -0.0500. The highest BCUT2D eigenvalue weighted by molar-refractivity contribution is 7.88. The summed E-state index contributed by atoms with van der Waals surface area (Å²) in [5.74, 6) is -1.57. The Morgan fingerprint density at radius 3 is 2.64 bits per heavy atom. The summed E-state index contributed by atoms with van der Waals surface area (Å²) < 4.78 is 70.2. The van der Waals surface area contributed by atoms with E-state index in [9.17, 15) is 26.4 Å². The number of halogens is 3. The van der Waals surface area contributed by atoms with Crippen molar-refractivity contribution in [1.82, 2.24) is 14.4 Å². The van der Waals surface area contributed by atoms with Crippen LogP contribution < -0.4 is 4.18 Å². The van der Waals surface area contributed by atoms with E-state index in [0.29, 0.717) is 5.52 Å². The highest BCUT2D eigenvalue weighted by Crippen LogP contribution is 2.30. The maximum Gasteiger partial charge on any atom is 0.534 e. The second-order valence-electron chi connectivity index (χ2n) is 4.71. The van der Waals surface area contributed by atoms with E-state index in [0.717, 1.165) is 13.2 Å². The highest BCUT2D eigenvalue weighted by atomic mass is 32.2. The Balaban J connectivity index is 2.23. The molecule has 0 unspecified atom stereocenters. The molecule has 8 nitrogen and oxygen atoms in total. The van der Waals surface area contributed by atoms with Gasteiger partial charge in [0.2, 0.25) is 0 Å². The fourth-order valence-electron chi connectivity index (χ4n) is 2.07. The van der Waals surface area contributed by atoms with E-state index >= 15 is 0 Å². The van der Waals surface area contributed by atoms with Crippen LogP contribution in [0.4, 0.5) is 13.2 Å². The van der Waals surface area contributed by atoms with Gasteiger partial charge in [-0.3, -0.25) is 0 Å². The molecule has 0 saturated carbocycles. The average molecular weight is 375 g/mol. The van der Waals surface area contributed by atoms with E-state index in [2.05, 4.69) is 18.9 Å². The van der Waals surface area contributed by atoms with Crippen molar-refractivity contribution in [1.29, 1.82) is 0 Å². The fourth-order valence-corrected chi connectivity index (χ4v) is 2.50. The van der Waals surface area contributed by atoms with Gasteiger partial charge in [-0.25, -0.2) is 14.8 Å². The summed E-state index contributed by atoms with van der Waals surface area (Å²) >= 11 is 0. The lowest BCUT2D eigenvalue weighted by Gasteiger charge is -2.11. The second kappa shape index (κ2) is 5.58. The summed E-state index contributed by atoms with van der Waals surface area (Å²) in [5, 5.41) is 0. The van der Waals surface area contributed by atoms with Gasteiger partial charge in [-0.15, -0.1) is 0 Å². The molecule has 0 saturated heterocycles. The lowest BCUT2D eigenvalue weighted by Crippen LogP contribution is -2.28. The molecule has 0 fully saturated rings. The molecule has 0 atom stereocenters. The topological polar surface area (TPSA) is 99.9 Å². The van der Waals surface area contributed by atoms with Crippen LogP contribution in [-0.2, 0) is 14.9 Å². The molecule has 0 radical (unpaired) electrons. The maximum absolute atomic E-state index is 12.6. The molecule has 0 aliphatic rings. The van der Waals surface area contributed by atoms with Crippen LogP contribution in [0.25, 0.3) is 16.6 Å². The number of carbonyl (C=O) groups is 1. The van der Waals surface area contributed by atoms with Crippen LogP contribution in [-0.4, -0.2) is 41.4 Å². The van der Waals surface area contributed by atoms with E-state index in [1.807, 2.05) is 0 Å². The number of rotatable bonds is 3. The molecule has 132 valence electrons. The Bertz CT molecular complexity index is 1090. The van der Waals surface area contributed by atoms with Gasteiger partial charge < -0.3 is 13.3 Å². The summed E-state index contributed by atoms with van der Waals surface area (Å²) in [6, 6.07) is 3.92. The molecule has 3 rings (SSSR count). The Morgan fingerprint density at radius 1 is 1.28 bits per heavy atom. The molecule has 3 aromatic rings. The molecule has 12 heteroatoms. The van der Waals surface area contributed by atoms with E-state index in [4.69, 9.17) is 0 Å². The third-order valence-corrected chi connectivity index (χ3v) is 4.12. The van der Waals surface area contributed by atoms with Crippen molar-refractivity contribution in [2.24, 2.45) is 0 Å². The van der Waals surface area contributed by atoms with Crippen molar-refractivity contribution >= 4 is 32.6 Å². The normalized spacial score (nSPS) is 12.5. The molecule has 0 bridgehead atoms.